The number of nitrogens with one attached hydrogen (secondary N) is 2. The van der Waals surface area contributed by atoms with E-state index in [2.05, 4.69) is 10.6 Å². The smallest absolute Gasteiger partial charge is 0.0819 e. The van der Waals surface area contributed by atoms with Gasteiger partial charge in [-0.2, -0.15) is 0 Å². The third-order valence-corrected chi connectivity index (χ3v) is 2.88. The molecule has 0 aromatic rings. The van der Waals surface area contributed by atoms with Crippen molar-refractivity contribution in [3.63, 3.8) is 0 Å². The molecule has 0 bridgehead atoms. The van der Waals surface area contributed by atoms with E-state index in [0.29, 0.717) is 0 Å². The molecule has 3 heteroatoms. The minimum atomic E-state index is 0.168. The molecule has 3 nitrogen and oxygen atoms in total. The van der Waals surface area contributed by atoms with E-state index < -0.39 is 0 Å². The van der Waals surface area contributed by atoms with Gasteiger partial charge in [-0.05, 0) is 32.4 Å². The van der Waals surface area contributed by atoms with Gasteiger partial charge in [-0.3, -0.25) is 0 Å². The second-order valence-electron chi connectivity index (χ2n) is 3.81. The molecular formula is C9H18N2O. The van der Waals surface area contributed by atoms with E-state index in [1.807, 2.05) is 0 Å². The molecule has 2 rings (SSSR count). The molecule has 12 heavy (non-hydrogen) atoms. The Morgan fingerprint density at radius 2 is 2.00 bits per heavy atom. The van der Waals surface area contributed by atoms with Crippen molar-refractivity contribution in [3.8, 4) is 0 Å². The zero-order valence-corrected chi connectivity index (χ0v) is 7.57. The molecule has 0 aromatic carbocycles. The standard InChI is InChI=1S/C9H18N2O/c1-2-9(3-5-10-4-1)8-11-6-7-12-9/h10-11H,1-8H2. The van der Waals surface area contributed by atoms with E-state index in [1.165, 1.54) is 19.3 Å². The maximum Gasteiger partial charge on any atom is 0.0819 e. The molecule has 2 N–H and O–H groups in total. The molecule has 70 valence electrons. The molecular weight excluding hydrogens is 152 g/mol. The van der Waals surface area contributed by atoms with Crippen LogP contribution in [0.5, 0.6) is 0 Å². The largest absolute Gasteiger partial charge is 0.372 e. The fraction of sp³-hybridized carbons (Fsp3) is 1.00. The van der Waals surface area contributed by atoms with Crippen LogP contribution in [-0.2, 0) is 4.74 Å². The summed E-state index contributed by atoms with van der Waals surface area (Å²) in [7, 11) is 0. The maximum atomic E-state index is 5.88. The van der Waals surface area contributed by atoms with Crippen LogP contribution in [0.1, 0.15) is 19.3 Å². The van der Waals surface area contributed by atoms with Gasteiger partial charge in [-0.25, -0.2) is 0 Å². The van der Waals surface area contributed by atoms with E-state index >= 15 is 0 Å². The van der Waals surface area contributed by atoms with Gasteiger partial charge in [-0.1, -0.05) is 0 Å². The molecule has 2 aliphatic rings. The Labute approximate surface area is 73.9 Å². The third-order valence-electron chi connectivity index (χ3n) is 2.88. The van der Waals surface area contributed by atoms with E-state index in [-0.39, 0.29) is 5.60 Å². The zero-order chi connectivity index (χ0) is 8.28. The summed E-state index contributed by atoms with van der Waals surface area (Å²) in [5, 5.41) is 6.83. The molecule has 0 saturated carbocycles. The zero-order valence-electron chi connectivity index (χ0n) is 7.57. The monoisotopic (exact) mass is 170 g/mol. The Hall–Kier alpha value is -0.120. The maximum absolute atomic E-state index is 5.88. The van der Waals surface area contributed by atoms with Gasteiger partial charge >= 0.3 is 0 Å². The number of rotatable bonds is 0. The second-order valence-corrected chi connectivity index (χ2v) is 3.81. The van der Waals surface area contributed by atoms with Crippen LogP contribution < -0.4 is 10.6 Å². The van der Waals surface area contributed by atoms with Crippen LogP contribution in [0, 0.1) is 0 Å². The van der Waals surface area contributed by atoms with E-state index in [9.17, 15) is 0 Å². The average molecular weight is 170 g/mol. The highest BCUT2D eigenvalue weighted by Gasteiger charge is 2.33. The summed E-state index contributed by atoms with van der Waals surface area (Å²) in [5.41, 5.74) is 0.168. The van der Waals surface area contributed by atoms with Crippen LogP contribution in [-0.4, -0.2) is 38.4 Å². The topological polar surface area (TPSA) is 33.3 Å². The molecule has 0 aliphatic carbocycles. The predicted octanol–water partition coefficient (Wildman–Crippen LogP) is 0.119. The quantitative estimate of drug-likeness (QED) is 0.542. The lowest BCUT2D eigenvalue weighted by molar-refractivity contribution is -0.0729. The Morgan fingerprint density at radius 1 is 1.00 bits per heavy atom. The summed E-state index contributed by atoms with van der Waals surface area (Å²) in [6.07, 6.45) is 3.63. The minimum absolute atomic E-state index is 0.168. The van der Waals surface area contributed by atoms with Gasteiger partial charge in [-0.15, -0.1) is 0 Å². The van der Waals surface area contributed by atoms with Gasteiger partial charge in [0.05, 0.1) is 12.2 Å². The Morgan fingerprint density at radius 3 is 2.83 bits per heavy atom. The normalized spacial score (nSPS) is 38.0. The summed E-state index contributed by atoms with van der Waals surface area (Å²) >= 11 is 0. The fourth-order valence-electron chi connectivity index (χ4n) is 2.13. The van der Waals surface area contributed by atoms with Crippen molar-refractivity contribution in [1.29, 1.82) is 0 Å². The summed E-state index contributed by atoms with van der Waals surface area (Å²) in [5.74, 6) is 0. The molecule has 2 aliphatic heterocycles. The van der Waals surface area contributed by atoms with E-state index in [0.717, 1.165) is 32.8 Å². The average Bonchev–Trinajstić information content (AvgIpc) is 2.33. The van der Waals surface area contributed by atoms with Crippen molar-refractivity contribution in [2.45, 2.75) is 24.9 Å². The predicted molar refractivity (Wildman–Crippen MR) is 48.3 cm³/mol. The Kier molecular flexibility index (Phi) is 2.63. The van der Waals surface area contributed by atoms with Crippen LogP contribution in [0.4, 0.5) is 0 Å². The summed E-state index contributed by atoms with van der Waals surface area (Å²) in [4.78, 5) is 0. The van der Waals surface area contributed by atoms with Crippen LogP contribution in [0.2, 0.25) is 0 Å². The van der Waals surface area contributed by atoms with Crippen LogP contribution in [0.25, 0.3) is 0 Å². The molecule has 1 spiro atoms. The lowest BCUT2D eigenvalue weighted by Crippen LogP contribution is -2.50. The first-order valence-corrected chi connectivity index (χ1v) is 4.97. The molecule has 0 amide bonds. The van der Waals surface area contributed by atoms with Crippen molar-refractivity contribution in [2.75, 3.05) is 32.8 Å². The van der Waals surface area contributed by atoms with Gasteiger partial charge in [0.1, 0.15) is 0 Å². The van der Waals surface area contributed by atoms with Crippen molar-refractivity contribution < 1.29 is 4.74 Å². The van der Waals surface area contributed by atoms with Gasteiger partial charge in [0, 0.05) is 13.1 Å². The van der Waals surface area contributed by atoms with Gasteiger partial charge in [0.25, 0.3) is 0 Å². The highest BCUT2D eigenvalue weighted by molar-refractivity contribution is 4.88. The van der Waals surface area contributed by atoms with Gasteiger partial charge in [0.2, 0.25) is 0 Å². The Bertz CT molecular complexity index is 133. The first kappa shape index (κ1) is 8.48. The summed E-state index contributed by atoms with van der Waals surface area (Å²) < 4.78 is 5.88. The first-order valence-electron chi connectivity index (χ1n) is 4.97. The van der Waals surface area contributed by atoms with Crippen LogP contribution in [0.3, 0.4) is 0 Å². The van der Waals surface area contributed by atoms with Crippen LogP contribution >= 0.6 is 0 Å². The van der Waals surface area contributed by atoms with Crippen molar-refractivity contribution in [3.05, 3.63) is 0 Å². The Balaban J connectivity index is 1.95. The summed E-state index contributed by atoms with van der Waals surface area (Å²) in [6, 6.07) is 0. The third kappa shape index (κ3) is 1.79. The SMILES string of the molecule is C1CNCCC2(C1)CNCCO2. The molecule has 2 fully saturated rings. The first-order chi connectivity index (χ1) is 5.91. The summed E-state index contributed by atoms with van der Waals surface area (Å²) in [6.45, 7) is 5.23. The molecule has 0 radical (unpaired) electrons. The molecule has 0 aromatic heterocycles. The lowest BCUT2D eigenvalue weighted by atomic mass is 9.93. The highest BCUT2D eigenvalue weighted by Crippen LogP contribution is 2.24. The van der Waals surface area contributed by atoms with Crippen molar-refractivity contribution in [2.24, 2.45) is 0 Å². The second kappa shape index (κ2) is 3.73. The molecule has 1 unspecified atom stereocenters. The molecule has 1 atom stereocenters. The van der Waals surface area contributed by atoms with Crippen LogP contribution in [0.15, 0.2) is 0 Å². The number of ether oxygens (including phenoxy) is 1. The fourth-order valence-corrected chi connectivity index (χ4v) is 2.13. The van der Waals surface area contributed by atoms with E-state index in [4.69, 9.17) is 4.74 Å². The van der Waals surface area contributed by atoms with E-state index in [1.54, 1.807) is 0 Å². The van der Waals surface area contributed by atoms with Crippen molar-refractivity contribution >= 4 is 0 Å². The lowest BCUT2D eigenvalue weighted by Gasteiger charge is -2.36. The van der Waals surface area contributed by atoms with Crippen molar-refractivity contribution in [1.82, 2.24) is 10.6 Å². The molecule has 2 heterocycles. The highest BCUT2D eigenvalue weighted by atomic mass is 16.5. The van der Waals surface area contributed by atoms with Gasteiger partial charge < -0.3 is 15.4 Å². The number of morpholine rings is 1. The minimum Gasteiger partial charge on any atom is -0.372 e. The molecule has 2 saturated heterocycles. The number of hydrogen-bond donors (Lipinski definition) is 2. The number of hydrogen-bond acceptors (Lipinski definition) is 3. The van der Waals surface area contributed by atoms with Gasteiger partial charge in [0.15, 0.2) is 0 Å².